The van der Waals surface area contributed by atoms with Crippen LogP contribution in [0, 0.1) is 0 Å². The van der Waals surface area contributed by atoms with E-state index in [0.29, 0.717) is 17.9 Å². The average Bonchev–Trinajstić information content (AvgIpc) is 3.48. The molecular formula is C20H22N8O5S4. The molecular weight excluding hydrogens is 561 g/mol. The highest BCUT2D eigenvalue weighted by molar-refractivity contribution is 8.03. The van der Waals surface area contributed by atoms with E-state index in [0.717, 1.165) is 20.7 Å². The standard InChI is InChI=1S/C20H22N8O5S4/c1-27(2)6-11-24-25-20(37-11)34-5-4-9-7-35-17-13(16(30)28(17)14(9)18(31)32)23-15(29)12(26-33-3)10-8-36-19(21)22-10/h4-5,8,13,17H,6-7H2,1-3H3,(H2,21,22)(H,23,29)(H,31,32). The number of hydrogen-bond acceptors (Lipinski definition) is 14. The Bertz CT molecular complexity index is 1300. The molecule has 2 amide bonds. The first-order chi connectivity index (χ1) is 17.7. The van der Waals surface area contributed by atoms with Gasteiger partial charge in [0.2, 0.25) is 0 Å². The fourth-order valence-electron chi connectivity index (χ4n) is 3.47. The Kier molecular flexibility index (Phi) is 8.48. The fourth-order valence-corrected chi connectivity index (χ4v) is 7.11. The third-order valence-electron chi connectivity index (χ3n) is 4.99. The zero-order valence-electron chi connectivity index (χ0n) is 19.8. The maximum absolute atomic E-state index is 12.9. The van der Waals surface area contributed by atoms with E-state index in [1.54, 1.807) is 16.9 Å². The van der Waals surface area contributed by atoms with Crippen molar-refractivity contribution in [2.75, 3.05) is 32.7 Å². The number of fused-ring (bicyclic) bond motifs is 1. The number of allylic oxidation sites excluding steroid dienone is 1. The van der Waals surface area contributed by atoms with Crippen molar-refractivity contribution in [3.8, 4) is 0 Å². The molecule has 37 heavy (non-hydrogen) atoms. The molecule has 0 spiro atoms. The number of oxime groups is 1. The number of thioether (sulfide) groups is 2. The van der Waals surface area contributed by atoms with E-state index < -0.39 is 29.2 Å². The number of nitrogens with one attached hydrogen (secondary N) is 1. The summed E-state index contributed by atoms with van der Waals surface area (Å²) < 4.78 is 0.727. The normalized spacial score (nSPS) is 19.8. The molecule has 0 radical (unpaired) electrons. The first kappa shape index (κ1) is 27.1. The molecule has 2 aliphatic rings. The number of hydrogen-bond donors (Lipinski definition) is 3. The number of β-lactam (4-membered cyclic amide) rings is 1. The second kappa shape index (κ2) is 11.6. The van der Waals surface area contributed by atoms with Crippen LogP contribution >= 0.6 is 46.2 Å². The number of nitrogen functional groups attached to an aromatic ring is 1. The van der Waals surface area contributed by atoms with Gasteiger partial charge in [0.15, 0.2) is 15.2 Å². The van der Waals surface area contributed by atoms with Gasteiger partial charge in [-0.3, -0.25) is 14.5 Å². The van der Waals surface area contributed by atoms with Gasteiger partial charge in [-0.2, -0.15) is 0 Å². The number of carbonyl (C=O) groups is 3. The second-order valence-electron chi connectivity index (χ2n) is 7.85. The molecule has 4 N–H and O–H groups in total. The number of carboxylic acids is 1. The Morgan fingerprint density at radius 3 is 2.86 bits per heavy atom. The molecule has 0 bridgehead atoms. The van der Waals surface area contributed by atoms with E-state index in [1.807, 2.05) is 19.0 Å². The molecule has 2 aromatic heterocycles. The van der Waals surface area contributed by atoms with Crippen molar-refractivity contribution in [2.45, 2.75) is 22.3 Å². The summed E-state index contributed by atoms with van der Waals surface area (Å²) in [5.41, 5.74) is 6.09. The lowest BCUT2D eigenvalue weighted by molar-refractivity contribution is -0.150. The van der Waals surface area contributed by atoms with E-state index in [4.69, 9.17) is 10.6 Å². The number of aromatic nitrogens is 3. The molecule has 2 aromatic rings. The van der Waals surface area contributed by atoms with Crippen LogP contribution in [0.3, 0.4) is 0 Å². The molecule has 2 aliphatic heterocycles. The number of rotatable bonds is 10. The van der Waals surface area contributed by atoms with Crippen molar-refractivity contribution in [3.63, 3.8) is 0 Å². The third-order valence-corrected chi connectivity index (χ3v) is 8.76. The first-order valence-corrected chi connectivity index (χ1v) is 14.2. The van der Waals surface area contributed by atoms with E-state index in [-0.39, 0.29) is 22.2 Å². The third kappa shape index (κ3) is 5.96. The Hall–Kier alpha value is -2.99. The molecule has 0 aliphatic carbocycles. The number of thiazole rings is 1. The second-order valence-corrected chi connectivity index (χ2v) is 12.1. The zero-order valence-corrected chi connectivity index (χ0v) is 23.0. The Labute approximate surface area is 227 Å². The van der Waals surface area contributed by atoms with E-state index in [2.05, 4.69) is 25.7 Å². The minimum atomic E-state index is -1.23. The fraction of sp³-hybridized carbons (Fsp3) is 0.350. The molecule has 4 heterocycles. The predicted octanol–water partition coefficient (Wildman–Crippen LogP) is 1.03. The van der Waals surface area contributed by atoms with Gasteiger partial charge in [-0.1, -0.05) is 28.3 Å². The molecule has 0 aromatic carbocycles. The van der Waals surface area contributed by atoms with Crippen molar-refractivity contribution in [1.29, 1.82) is 0 Å². The lowest BCUT2D eigenvalue weighted by Crippen LogP contribution is -2.71. The lowest BCUT2D eigenvalue weighted by atomic mass is 10.0. The van der Waals surface area contributed by atoms with Crippen LogP contribution in [-0.4, -0.2) is 92.0 Å². The van der Waals surface area contributed by atoms with Crippen molar-refractivity contribution < 1.29 is 24.3 Å². The maximum Gasteiger partial charge on any atom is 0.352 e. The predicted molar refractivity (Wildman–Crippen MR) is 142 cm³/mol. The van der Waals surface area contributed by atoms with Gasteiger partial charge in [0.25, 0.3) is 11.8 Å². The average molecular weight is 583 g/mol. The number of amides is 2. The summed E-state index contributed by atoms with van der Waals surface area (Å²) in [6.07, 6.45) is 1.67. The van der Waals surface area contributed by atoms with Gasteiger partial charge < -0.3 is 25.9 Å². The molecule has 0 saturated carbocycles. The molecule has 13 nitrogen and oxygen atoms in total. The summed E-state index contributed by atoms with van der Waals surface area (Å²) in [5, 5.41) is 28.3. The van der Waals surface area contributed by atoms with Gasteiger partial charge >= 0.3 is 5.97 Å². The van der Waals surface area contributed by atoms with Crippen LogP contribution in [0.25, 0.3) is 0 Å². The van der Waals surface area contributed by atoms with Crippen LogP contribution in [0.1, 0.15) is 10.7 Å². The lowest BCUT2D eigenvalue weighted by Gasteiger charge is -2.49. The number of nitrogens with zero attached hydrogens (tertiary/aromatic N) is 6. The molecule has 2 unspecified atom stereocenters. The molecule has 1 fully saturated rings. The van der Waals surface area contributed by atoms with Crippen LogP contribution in [-0.2, 0) is 25.8 Å². The van der Waals surface area contributed by atoms with Gasteiger partial charge in [-0.15, -0.1) is 33.3 Å². The Balaban J connectivity index is 1.45. The summed E-state index contributed by atoms with van der Waals surface area (Å²) >= 11 is 5.26. The number of carboxylic acid groups (broad SMARTS) is 1. The van der Waals surface area contributed by atoms with E-state index in [1.165, 1.54) is 46.9 Å². The monoisotopic (exact) mass is 582 g/mol. The molecule has 4 rings (SSSR count). The minimum Gasteiger partial charge on any atom is -0.477 e. The molecule has 2 atom stereocenters. The highest BCUT2D eigenvalue weighted by Gasteiger charge is 2.54. The summed E-state index contributed by atoms with van der Waals surface area (Å²) in [4.78, 5) is 49.8. The van der Waals surface area contributed by atoms with Crippen molar-refractivity contribution in [3.05, 3.63) is 38.8 Å². The summed E-state index contributed by atoms with van der Waals surface area (Å²) in [5.74, 6) is -2.10. The number of aliphatic carboxylic acids is 1. The smallest absolute Gasteiger partial charge is 0.352 e. The molecule has 196 valence electrons. The molecule has 17 heteroatoms. The minimum absolute atomic E-state index is 0.111. The van der Waals surface area contributed by atoms with Gasteiger partial charge in [0.1, 0.15) is 34.9 Å². The van der Waals surface area contributed by atoms with Crippen LogP contribution < -0.4 is 11.1 Å². The van der Waals surface area contributed by atoms with Crippen molar-refractivity contribution in [2.24, 2.45) is 5.16 Å². The highest BCUT2D eigenvalue weighted by Crippen LogP contribution is 2.41. The summed E-state index contributed by atoms with van der Waals surface area (Å²) in [6, 6.07) is -0.929. The Morgan fingerprint density at radius 2 is 2.22 bits per heavy atom. The summed E-state index contributed by atoms with van der Waals surface area (Å²) in [6.45, 7) is 0.680. The van der Waals surface area contributed by atoms with E-state index in [9.17, 15) is 19.5 Å². The number of carbonyl (C=O) groups excluding carboxylic acids is 2. The van der Waals surface area contributed by atoms with Crippen molar-refractivity contribution >= 4 is 74.8 Å². The van der Waals surface area contributed by atoms with Crippen LogP contribution in [0.2, 0.25) is 0 Å². The van der Waals surface area contributed by atoms with Crippen LogP contribution in [0.15, 0.2) is 37.6 Å². The maximum atomic E-state index is 12.9. The van der Waals surface area contributed by atoms with Gasteiger partial charge in [-0.05, 0) is 31.2 Å². The summed E-state index contributed by atoms with van der Waals surface area (Å²) in [7, 11) is 5.16. The van der Waals surface area contributed by atoms with Gasteiger partial charge in [0.05, 0.1) is 6.54 Å². The first-order valence-electron chi connectivity index (χ1n) is 10.5. The molecule has 1 saturated heterocycles. The highest BCUT2D eigenvalue weighted by atomic mass is 32.2. The van der Waals surface area contributed by atoms with Gasteiger partial charge in [0, 0.05) is 11.1 Å². The van der Waals surface area contributed by atoms with E-state index >= 15 is 0 Å². The quantitative estimate of drug-likeness (QED) is 0.157. The van der Waals surface area contributed by atoms with Crippen LogP contribution in [0.5, 0.6) is 0 Å². The topological polar surface area (TPSA) is 176 Å². The van der Waals surface area contributed by atoms with Gasteiger partial charge in [-0.25, -0.2) is 9.78 Å². The largest absolute Gasteiger partial charge is 0.477 e. The van der Waals surface area contributed by atoms with Crippen LogP contribution in [0.4, 0.5) is 5.13 Å². The zero-order chi connectivity index (χ0) is 26.7. The number of nitrogens with two attached hydrogens (primary N) is 1. The SMILES string of the molecule is CON=C(C(=O)NC1C(=O)N2C(C(=O)O)=C(C=CSc3nnc(CN(C)C)s3)CSC12)c1csc(N)n1. The van der Waals surface area contributed by atoms with Crippen molar-refractivity contribution in [1.82, 2.24) is 30.3 Å². The Morgan fingerprint density at radius 1 is 1.43 bits per heavy atom. The number of anilines is 1.